The molecule has 6 nitrogen and oxygen atoms in total. The van der Waals surface area contributed by atoms with Gasteiger partial charge in [0.15, 0.2) is 5.96 Å². The highest BCUT2D eigenvalue weighted by atomic mass is 16.5. The number of nitrogens with one attached hydrogen (secondary N) is 2. The maximum absolute atomic E-state index is 10.2. The number of guanidine groups is 1. The quantitative estimate of drug-likeness (QED) is 0.342. The van der Waals surface area contributed by atoms with Gasteiger partial charge in [0.25, 0.3) is 0 Å². The van der Waals surface area contributed by atoms with E-state index in [0.29, 0.717) is 32.7 Å². The summed E-state index contributed by atoms with van der Waals surface area (Å²) in [4.78, 5) is 4.51. The Balaban J connectivity index is 1.63. The highest BCUT2D eigenvalue weighted by Gasteiger charge is 2.14. The molecule has 2 unspecified atom stereocenters. The molecule has 25 heavy (non-hydrogen) atoms. The van der Waals surface area contributed by atoms with Crippen molar-refractivity contribution in [3.63, 3.8) is 0 Å². The predicted molar refractivity (Wildman–Crippen MR) is 99.8 cm³/mol. The van der Waals surface area contributed by atoms with E-state index in [9.17, 15) is 5.11 Å². The maximum atomic E-state index is 10.2. The maximum Gasteiger partial charge on any atom is 0.191 e. The zero-order valence-electron chi connectivity index (χ0n) is 15.1. The molecule has 2 atom stereocenters. The average molecular weight is 349 g/mol. The summed E-state index contributed by atoms with van der Waals surface area (Å²) < 4.78 is 11.2. The number of benzene rings is 1. The van der Waals surface area contributed by atoms with Crippen LogP contribution in [0.25, 0.3) is 0 Å². The summed E-state index contributed by atoms with van der Waals surface area (Å²) in [6, 6.07) is 9.68. The van der Waals surface area contributed by atoms with Gasteiger partial charge in [-0.3, -0.25) is 4.99 Å². The lowest BCUT2D eigenvalue weighted by atomic mass is 10.1. The lowest BCUT2D eigenvalue weighted by Gasteiger charge is -2.14. The van der Waals surface area contributed by atoms with Crippen LogP contribution in [-0.4, -0.2) is 56.6 Å². The van der Waals surface area contributed by atoms with Crippen molar-refractivity contribution in [1.82, 2.24) is 10.6 Å². The van der Waals surface area contributed by atoms with Crippen LogP contribution in [0.3, 0.4) is 0 Å². The van der Waals surface area contributed by atoms with Crippen molar-refractivity contribution in [3.8, 4) is 0 Å². The minimum atomic E-state index is -0.484. The predicted octanol–water partition coefficient (Wildman–Crippen LogP) is 1.86. The fraction of sp³-hybridized carbons (Fsp3) is 0.632. The first-order valence-electron chi connectivity index (χ1n) is 9.24. The van der Waals surface area contributed by atoms with Crippen LogP contribution in [0.4, 0.5) is 0 Å². The average Bonchev–Trinajstić information content (AvgIpc) is 3.15. The number of nitrogens with zero attached hydrogens (tertiary/aromatic N) is 1. The summed E-state index contributed by atoms with van der Waals surface area (Å²) >= 11 is 0. The van der Waals surface area contributed by atoms with Crippen molar-refractivity contribution >= 4 is 5.96 Å². The fourth-order valence-corrected chi connectivity index (χ4v) is 2.71. The Morgan fingerprint density at radius 1 is 1.36 bits per heavy atom. The van der Waals surface area contributed by atoms with Gasteiger partial charge in [0.2, 0.25) is 0 Å². The second kappa shape index (κ2) is 11.8. The summed E-state index contributed by atoms with van der Waals surface area (Å²) in [5.74, 6) is 0.753. The van der Waals surface area contributed by atoms with Crippen molar-refractivity contribution in [2.45, 2.75) is 38.4 Å². The lowest BCUT2D eigenvalue weighted by Crippen LogP contribution is -2.39. The topological polar surface area (TPSA) is 75.1 Å². The minimum Gasteiger partial charge on any atom is -0.388 e. The number of ether oxygens (including phenoxy) is 2. The zero-order valence-corrected chi connectivity index (χ0v) is 15.1. The van der Waals surface area contributed by atoms with Crippen LogP contribution < -0.4 is 10.6 Å². The summed E-state index contributed by atoms with van der Waals surface area (Å²) in [6.45, 7) is 6.23. The molecule has 1 aliphatic rings. The molecule has 0 bridgehead atoms. The zero-order chi connectivity index (χ0) is 17.7. The minimum absolute atomic E-state index is 0.265. The van der Waals surface area contributed by atoms with Gasteiger partial charge in [-0.15, -0.1) is 0 Å². The lowest BCUT2D eigenvalue weighted by molar-refractivity contribution is 0.0191. The second-order valence-electron chi connectivity index (χ2n) is 6.11. The van der Waals surface area contributed by atoms with Gasteiger partial charge in [0.1, 0.15) is 0 Å². The number of aliphatic hydroxyl groups excluding tert-OH is 1. The highest BCUT2D eigenvalue weighted by Crippen LogP contribution is 2.15. The van der Waals surface area contributed by atoms with Gasteiger partial charge in [0, 0.05) is 26.2 Å². The fourth-order valence-electron chi connectivity index (χ4n) is 2.71. The molecule has 0 amide bonds. The first-order valence-corrected chi connectivity index (χ1v) is 9.24. The molecule has 1 aliphatic heterocycles. The molecule has 0 aromatic heterocycles. The van der Waals surface area contributed by atoms with Crippen molar-refractivity contribution in [2.24, 2.45) is 4.99 Å². The van der Waals surface area contributed by atoms with Crippen LogP contribution >= 0.6 is 0 Å². The highest BCUT2D eigenvalue weighted by molar-refractivity contribution is 5.79. The molecule has 3 N–H and O–H groups in total. The molecule has 0 radical (unpaired) electrons. The van der Waals surface area contributed by atoms with E-state index in [1.54, 1.807) is 0 Å². The largest absolute Gasteiger partial charge is 0.388 e. The normalized spacial score (nSPS) is 19.0. The monoisotopic (exact) mass is 349 g/mol. The summed E-state index contributed by atoms with van der Waals surface area (Å²) in [7, 11) is 0. The molecule has 1 fully saturated rings. The van der Waals surface area contributed by atoms with Crippen molar-refractivity contribution in [2.75, 3.05) is 39.5 Å². The van der Waals surface area contributed by atoms with E-state index in [-0.39, 0.29) is 6.10 Å². The van der Waals surface area contributed by atoms with Gasteiger partial charge in [-0.25, -0.2) is 0 Å². The van der Waals surface area contributed by atoms with Gasteiger partial charge in [-0.05, 0) is 31.7 Å². The number of hydrogen-bond acceptors (Lipinski definition) is 4. The van der Waals surface area contributed by atoms with Gasteiger partial charge >= 0.3 is 0 Å². The van der Waals surface area contributed by atoms with Crippen LogP contribution in [0.5, 0.6) is 0 Å². The molecule has 0 spiro atoms. The van der Waals surface area contributed by atoms with Gasteiger partial charge < -0.3 is 25.2 Å². The van der Waals surface area contributed by atoms with Gasteiger partial charge in [0.05, 0.1) is 25.4 Å². The molecular weight excluding hydrogens is 318 g/mol. The van der Waals surface area contributed by atoms with Crippen molar-refractivity contribution in [1.29, 1.82) is 0 Å². The smallest absolute Gasteiger partial charge is 0.191 e. The summed E-state index contributed by atoms with van der Waals surface area (Å²) in [5, 5.41) is 16.6. The molecule has 6 heteroatoms. The molecule has 0 saturated carbocycles. The van der Waals surface area contributed by atoms with Gasteiger partial charge in [-0.1, -0.05) is 30.3 Å². The van der Waals surface area contributed by atoms with Crippen LogP contribution in [0.2, 0.25) is 0 Å². The van der Waals surface area contributed by atoms with Crippen LogP contribution in [-0.2, 0) is 9.47 Å². The molecule has 2 rings (SSSR count). The standard InChI is InChI=1S/C19H31N3O3/c1-2-20-19(22-12-14-24-15-17-9-6-13-25-17)21-11-10-18(23)16-7-4-3-5-8-16/h3-5,7-8,17-18,23H,2,6,9-15H2,1H3,(H2,20,21,22). The molecular formula is C19H31N3O3. The van der Waals surface area contributed by atoms with Crippen LogP contribution in [0, 0.1) is 0 Å². The molecule has 1 aromatic carbocycles. The van der Waals surface area contributed by atoms with Crippen molar-refractivity contribution in [3.05, 3.63) is 35.9 Å². The first-order chi connectivity index (χ1) is 12.3. The third kappa shape index (κ3) is 7.86. The van der Waals surface area contributed by atoms with E-state index >= 15 is 0 Å². The first kappa shape index (κ1) is 19.7. The Bertz CT molecular complexity index is 490. The summed E-state index contributed by atoms with van der Waals surface area (Å²) in [6.07, 6.45) is 2.61. The third-order valence-electron chi connectivity index (χ3n) is 4.07. The van der Waals surface area contributed by atoms with E-state index in [0.717, 1.165) is 37.5 Å². The van der Waals surface area contributed by atoms with E-state index in [1.165, 1.54) is 0 Å². The molecule has 1 heterocycles. The molecule has 1 aromatic rings. The second-order valence-corrected chi connectivity index (χ2v) is 6.11. The van der Waals surface area contributed by atoms with Crippen LogP contribution in [0.15, 0.2) is 35.3 Å². The van der Waals surface area contributed by atoms with Crippen LogP contribution in [0.1, 0.15) is 37.9 Å². The van der Waals surface area contributed by atoms with E-state index in [2.05, 4.69) is 15.6 Å². The van der Waals surface area contributed by atoms with Gasteiger partial charge in [-0.2, -0.15) is 0 Å². The number of aliphatic imine (C=N–C) groups is 1. The molecule has 0 aliphatic carbocycles. The van der Waals surface area contributed by atoms with E-state index in [4.69, 9.17) is 9.47 Å². The third-order valence-corrected chi connectivity index (χ3v) is 4.07. The number of aliphatic hydroxyl groups is 1. The van der Waals surface area contributed by atoms with Crippen molar-refractivity contribution < 1.29 is 14.6 Å². The van der Waals surface area contributed by atoms with E-state index in [1.807, 2.05) is 37.3 Å². The number of rotatable bonds is 10. The SMILES string of the molecule is CCNC(=NCCC(O)c1ccccc1)NCCOCC1CCCO1. The Kier molecular flexibility index (Phi) is 9.33. The molecule has 140 valence electrons. The number of hydrogen-bond donors (Lipinski definition) is 3. The Morgan fingerprint density at radius 2 is 2.20 bits per heavy atom. The molecule has 1 saturated heterocycles. The Hall–Kier alpha value is -1.63. The van der Waals surface area contributed by atoms with E-state index < -0.39 is 6.10 Å². The summed E-state index contributed by atoms with van der Waals surface area (Å²) in [5.41, 5.74) is 0.929. The Morgan fingerprint density at radius 3 is 2.92 bits per heavy atom. The Labute approximate surface area is 150 Å².